The van der Waals surface area contributed by atoms with Gasteiger partial charge in [-0.05, 0) is 70.0 Å². The lowest BCUT2D eigenvalue weighted by Crippen LogP contribution is -2.53. The molecule has 2 aromatic carbocycles. The number of carbonyl (C=O) groups excluding carboxylic acids is 2. The van der Waals surface area contributed by atoms with Gasteiger partial charge in [-0.1, -0.05) is 25.0 Å². The van der Waals surface area contributed by atoms with Crippen molar-refractivity contribution in [3.8, 4) is 17.2 Å². The van der Waals surface area contributed by atoms with Gasteiger partial charge in [0, 0.05) is 49.5 Å². The van der Waals surface area contributed by atoms with E-state index < -0.39 is 0 Å². The number of hydrogen-bond donors (Lipinski definition) is 0. The fourth-order valence-corrected chi connectivity index (χ4v) is 6.24. The second kappa shape index (κ2) is 15.2. The van der Waals surface area contributed by atoms with Crippen LogP contribution in [0.1, 0.15) is 50.2 Å². The Hall–Kier alpha value is -3.50. The molecule has 246 valence electrons. The minimum absolute atomic E-state index is 0.0206. The minimum atomic E-state index is -0.0560. The van der Waals surface area contributed by atoms with Crippen molar-refractivity contribution in [1.29, 1.82) is 0 Å². The van der Waals surface area contributed by atoms with Gasteiger partial charge in [0.25, 0.3) is 0 Å². The number of methoxy groups -OCH3 is 2. The molecule has 0 radical (unpaired) electrons. The maximum atomic E-state index is 13.9. The van der Waals surface area contributed by atoms with Gasteiger partial charge in [-0.3, -0.25) is 9.69 Å². The number of anilines is 1. The molecule has 10 heteroatoms. The maximum Gasteiger partial charge on any atom is 0.325 e. The third-order valence-corrected chi connectivity index (χ3v) is 9.06. The first-order valence-electron chi connectivity index (χ1n) is 16.3. The summed E-state index contributed by atoms with van der Waals surface area (Å²) in [5, 5.41) is 0. The third-order valence-electron chi connectivity index (χ3n) is 9.06. The molecule has 0 bridgehead atoms. The summed E-state index contributed by atoms with van der Waals surface area (Å²) in [5.74, 6) is 2.97. The van der Waals surface area contributed by atoms with E-state index in [1.165, 1.54) is 19.3 Å². The summed E-state index contributed by atoms with van der Waals surface area (Å²) in [6, 6.07) is 11.6. The zero-order chi connectivity index (χ0) is 31.9. The van der Waals surface area contributed by atoms with E-state index in [4.69, 9.17) is 18.9 Å². The van der Waals surface area contributed by atoms with E-state index in [1.807, 2.05) is 65.2 Å². The summed E-state index contributed by atoms with van der Waals surface area (Å²) >= 11 is 0. The summed E-state index contributed by atoms with van der Waals surface area (Å²) in [5.41, 5.74) is 2.59. The molecule has 2 saturated heterocycles. The molecule has 45 heavy (non-hydrogen) atoms. The fraction of sp³-hybridized carbons (Fsp3) is 0.600. The average Bonchev–Trinajstić information content (AvgIpc) is 3.86. The predicted octanol–water partition coefficient (Wildman–Crippen LogP) is 4.83. The molecule has 0 unspecified atom stereocenters. The van der Waals surface area contributed by atoms with E-state index in [0.717, 1.165) is 42.1 Å². The van der Waals surface area contributed by atoms with E-state index >= 15 is 0 Å². The van der Waals surface area contributed by atoms with Crippen molar-refractivity contribution in [2.75, 3.05) is 72.6 Å². The lowest BCUT2D eigenvalue weighted by molar-refractivity contribution is -0.138. The first kappa shape index (κ1) is 32.9. The van der Waals surface area contributed by atoms with Crippen LogP contribution in [0.25, 0.3) is 0 Å². The molecule has 0 spiro atoms. The molecule has 1 aliphatic carbocycles. The Morgan fingerprint density at radius 3 is 2.53 bits per heavy atom. The zero-order valence-corrected chi connectivity index (χ0v) is 27.6. The van der Waals surface area contributed by atoms with Crippen molar-refractivity contribution < 1.29 is 28.5 Å². The lowest BCUT2D eigenvalue weighted by atomic mass is 10.0. The van der Waals surface area contributed by atoms with E-state index in [0.29, 0.717) is 63.1 Å². The molecule has 5 rings (SSSR count). The number of carbonyl (C=O) groups is 2. The zero-order valence-electron chi connectivity index (χ0n) is 27.6. The number of rotatable bonds is 14. The fourth-order valence-electron chi connectivity index (χ4n) is 6.24. The molecule has 10 nitrogen and oxygen atoms in total. The van der Waals surface area contributed by atoms with E-state index in [9.17, 15) is 9.59 Å². The van der Waals surface area contributed by atoms with Gasteiger partial charge in [0.1, 0.15) is 5.75 Å². The number of hydrogen-bond acceptors (Lipinski definition) is 7. The van der Waals surface area contributed by atoms with Crippen LogP contribution in [0.3, 0.4) is 0 Å². The van der Waals surface area contributed by atoms with E-state index in [-0.39, 0.29) is 24.1 Å². The van der Waals surface area contributed by atoms with Crippen LogP contribution in [-0.2, 0) is 22.5 Å². The largest absolute Gasteiger partial charge is 0.496 e. The second-order valence-corrected chi connectivity index (χ2v) is 12.9. The summed E-state index contributed by atoms with van der Waals surface area (Å²) in [6.07, 6.45) is 6.04. The lowest BCUT2D eigenvalue weighted by Gasteiger charge is -2.40. The van der Waals surface area contributed by atoms with Crippen molar-refractivity contribution >= 4 is 17.6 Å². The molecule has 2 aliphatic heterocycles. The van der Waals surface area contributed by atoms with Crippen LogP contribution in [0.2, 0.25) is 0 Å². The van der Waals surface area contributed by atoms with Gasteiger partial charge in [0.15, 0.2) is 11.5 Å². The molecule has 3 fully saturated rings. The Bertz CT molecular complexity index is 1320. The van der Waals surface area contributed by atoms with Crippen LogP contribution in [0.4, 0.5) is 10.5 Å². The van der Waals surface area contributed by atoms with Crippen LogP contribution in [0.15, 0.2) is 36.4 Å². The van der Waals surface area contributed by atoms with Crippen molar-refractivity contribution in [3.05, 3.63) is 47.5 Å². The van der Waals surface area contributed by atoms with Crippen LogP contribution in [0, 0.1) is 5.92 Å². The van der Waals surface area contributed by atoms with Crippen LogP contribution in [0.5, 0.6) is 17.2 Å². The average molecular weight is 623 g/mol. The Morgan fingerprint density at radius 2 is 1.80 bits per heavy atom. The summed E-state index contributed by atoms with van der Waals surface area (Å²) in [4.78, 5) is 34.8. The quantitative estimate of drug-likeness (QED) is 0.279. The van der Waals surface area contributed by atoms with E-state index in [2.05, 4.69) is 11.8 Å². The molecule has 1 saturated carbocycles. The van der Waals surface area contributed by atoms with Crippen molar-refractivity contribution in [2.24, 2.45) is 5.92 Å². The number of likely N-dealkylation sites (N-methyl/N-ethyl adjacent to an activating group) is 1. The Kier molecular flexibility index (Phi) is 11.1. The van der Waals surface area contributed by atoms with Crippen LogP contribution < -0.4 is 19.1 Å². The van der Waals surface area contributed by atoms with E-state index in [1.54, 1.807) is 14.2 Å². The third kappa shape index (κ3) is 8.61. The maximum absolute atomic E-state index is 13.9. The van der Waals surface area contributed by atoms with Gasteiger partial charge in [0.2, 0.25) is 5.91 Å². The van der Waals surface area contributed by atoms with Gasteiger partial charge in [-0.15, -0.1) is 0 Å². The van der Waals surface area contributed by atoms with Gasteiger partial charge in [-0.25, -0.2) is 4.79 Å². The number of nitrogens with zero attached hydrogens (tertiary/aromatic N) is 4. The standard InChI is InChI=1S/C35H50N4O6/c1-25-14-15-38(29-12-13-31(42-4)33(21-29)45-17-6-7-26-8-9-26)35(41)39(25)22-28-11-10-27(19-32(28)43-5)20-34(40)37-16-18-44-30(24-37)23-36(2)3/h10-13,19,21,25-26,30H,6-9,14-18,20,22-24H2,1-5H3/t25-,30-/m0/s1. The number of morpholine rings is 1. The number of ether oxygens (including phenoxy) is 4. The highest BCUT2D eigenvalue weighted by molar-refractivity contribution is 5.93. The van der Waals surface area contributed by atoms with Gasteiger partial charge >= 0.3 is 6.03 Å². The van der Waals surface area contributed by atoms with Crippen molar-refractivity contribution in [2.45, 2.75) is 64.1 Å². The van der Waals surface area contributed by atoms with Crippen molar-refractivity contribution in [3.63, 3.8) is 0 Å². The topological polar surface area (TPSA) is 84.0 Å². The Labute approximate surface area is 268 Å². The number of benzene rings is 2. The molecular weight excluding hydrogens is 572 g/mol. The van der Waals surface area contributed by atoms with Crippen LogP contribution in [-0.4, -0.2) is 106 Å². The SMILES string of the molecule is COc1cc(CC(=O)N2CCO[C@@H](CN(C)C)C2)ccc1CN1C(=O)N(c2ccc(OC)c(OCCCC3CC3)c2)CC[C@@H]1C. The second-order valence-electron chi connectivity index (χ2n) is 12.9. The summed E-state index contributed by atoms with van der Waals surface area (Å²) in [7, 11) is 7.29. The van der Waals surface area contributed by atoms with Gasteiger partial charge < -0.3 is 33.6 Å². The highest BCUT2D eigenvalue weighted by Gasteiger charge is 2.33. The molecule has 3 aliphatic rings. The molecule has 3 amide bonds. The minimum Gasteiger partial charge on any atom is -0.496 e. The molecule has 2 aromatic rings. The molecule has 2 heterocycles. The number of amides is 3. The predicted molar refractivity (Wildman–Crippen MR) is 174 cm³/mol. The molecular formula is C35H50N4O6. The highest BCUT2D eigenvalue weighted by Crippen LogP contribution is 2.36. The van der Waals surface area contributed by atoms with Gasteiger partial charge in [0.05, 0.1) is 46.5 Å². The normalized spacial score (nSPS) is 20.5. The monoisotopic (exact) mass is 622 g/mol. The first-order chi connectivity index (χ1) is 21.7. The smallest absolute Gasteiger partial charge is 0.325 e. The van der Waals surface area contributed by atoms with Crippen LogP contribution >= 0.6 is 0 Å². The van der Waals surface area contributed by atoms with Crippen molar-refractivity contribution in [1.82, 2.24) is 14.7 Å². The molecule has 0 aromatic heterocycles. The first-order valence-corrected chi connectivity index (χ1v) is 16.3. The Balaban J connectivity index is 1.24. The summed E-state index contributed by atoms with van der Waals surface area (Å²) in [6.45, 7) is 6.29. The number of urea groups is 1. The molecule has 2 atom stereocenters. The molecule has 0 N–H and O–H groups in total. The summed E-state index contributed by atoms with van der Waals surface area (Å²) < 4.78 is 23.3. The Morgan fingerprint density at radius 1 is 1.00 bits per heavy atom. The van der Waals surface area contributed by atoms with Gasteiger partial charge in [-0.2, -0.15) is 0 Å². The highest BCUT2D eigenvalue weighted by atomic mass is 16.5.